The van der Waals surface area contributed by atoms with Crippen molar-refractivity contribution in [3.05, 3.63) is 114 Å². The van der Waals surface area contributed by atoms with E-state index < -0.39 is 6.04 Å². The molecule has 1 atom stereocenters. The summed E-state index contributed by atoms with van der Waals surface area (Å²) in [5, 5.41) is 3.55. The lowest BCUT2D eigenvalue weighted by Gasteiger charge is -2.18. The third-order valence-electron chi connectivity index (χ3n) is 4.96. The highest BCUT2D eigenvalue weighted by Crippen LogP contribution is 2.22. The third-order valence-corrected chi connectivity index (χ3v) is 5.21. The van der Waals surface area contributed by atoms with E-state index >= 15 is 0 Å². The van der Waals surface area contributed by atoms with Crippen molar-refractivity contribution in [3.8, 4) is 11.1 Å². The number of benzene rings is 3. The predicted molar refractivity (Wildman–Crippen MR) is 121 cm³/mol. The smallest absolute Gasteiger partial charge is 0.251 e. The van der Waals surface area contributed by atoms with E-state index in [-0.39, 0.29) is 11.7 Å². The van der Waals surface area contributed by atoms with Crippen LogP contribution >= 0.6 is 11.6 Å². The van der Waals surface area contributed by atoms with Crippen LogP contribution < -0.4 is 5.32 Å². The Kier molecular flexibility index (Phi) is 6.24. The number of rotatable bonds is 7. The van der Waals surface area contributed by atoms with Gasteiger partial charge in [0.05, 0.1) is 12.9 Å². The monoisotopic (exact) mass is 429 g/mol. The lowest BCUT2D eigenvalue weighted by molar-refractivity contribution is 0.0847. The summed E-state index contributed by atoms with van der Waals surface area (Å²) >= 11 is 5.95. The molecule has 4 aromatic rings. The van der Waals surface area contributed by atoms with Gasteiger partial charge in [-0.2, -0.15) is 0 Å². The molecule has 1 heterocycles. The lowest BCUT2D eigenvalue weighted by atomic mass is 10.0. The van der Waals surface area contributed by atoms with E-state index in [2.05, 4.69) is 10.3 Å². The molecule has 0 radical (unpaired) electrons. The van der Waals surface area contributed by atoms with Crippen molar-refractivity contribution in [2.24, 2.45) is 0 Å². The van der Waals surface area contributed by atoms with Crippen LogP contribution in [0.1, 0.15) is 20.7 Å². The molecular weight excluding hydrogens is 410 g/mol. The number of hydrogen-bond acceptors (Lipinski definition) is 3. The molecule has 154 valence electrons. The fourth-order valence-corrected chi connectivity index (χ4v) is 3.43. The highest BCUT2D eigenvalue weighted by atomic mass is 35.5. The number of Topliss-reactive ketones (excluding diaryl/α,β-unsaturated/α-hetero) is 1. The number of aromatic nitrogens is 2. The minimum Gasteiger partial charge on any atom is -0.340 e. The first kappa shape index (κ1) is 20.6. The predicted octanol–water partition coefficient (Wildman–Crippen LogP) is 4.89. The van der Waals surface area contributed by atoms with Crippen LogP contribution in [0.5, 0.6) is 0 Å². The van der Waals surface area contributed by atoms with Crippen molar-refractivity contribution in [1.29, 1.82) is 0 Å². The van der Waals surface area contributed by atoms with E-state index in [4.69, 9.17) is 11.6 Å². The molecule has 0 saturated heterocycles. The van der Waals surface area contributed by atoms with Crippen LogP contribution in [0.25, 0.3) is 11.1 Å². The Bertz CT molecular complexity index is 1160. The average molecular weight is 430 g/mol. The van der Waals surface area contributed by atoms with Crippen LogP contribution in [0.2, 0.25) is 5.02 Å². The first-order valence-electron chi connectivity index (χ1n) is 9.82. The number of imidazole rings is 1. The highest BCUT2D eigenvalue weighted by molar-refractivity contribution is 6.30. The number of amides is 1. The van der Waals surface area contributed by atoms with Crippen molar-refractivity contribution in [2.75, 3.05) is 0 Å². The second kappa shape index (κ2) is 9.41. The molecule has 0 aliphatic heterocycles. The first-order chi connectivity index (χ1) is 15.1. The number of halogens is 1. The van der Waals surface area contributed by atoms with E-state index in [0.29, 0.717) is 22.7 Å². The van der Waals surface area contributed by atoms with Crippen molar-refractivity contribution in [2.45, 2.75) is 12.6 Å². The summed E-state index contributed by atoms with van der Waals surface area (Å²) < 4.78 is 1.77. The zero-order valence-corrected chi connectivity index (χ0v) is 17.4. The molecule has 1 aromatic heterocycles. The fraction of sp³-hybridized carbons (Fsp3) is 0.0800. The largest absolute Gasteiger partial charge is 0.340 e. The summed E-state index contributed by atoms with van der Waals surface area (Å²) in [6.45, 7) is 0.294. The molecule has 5 nitrogen and oxygen atoms in total. The molecule has 0 spiro atoms. The fourth-order valence-electron chi connectivity index (χ4n) is 3.30. The van der Waals surface area contributed by atoms with Crippen molar-refractivity contribution < 1.29 is 9.59 Å². The maximum absolute atomic E-state index is 13.0. The number of carbonyl (C=O) groups is 2. The number of nitrogens with one attached hydrogen (secondary N) is 1. The van der Waals surface area contributed by atoms with Gasteiger partial charge in [-0.15, -0.1) is 0 Å². The Morgan fingerprint density at radius 3 is 2.13 bits per heavy atom. The molecular formula is C25H20ClN3O2. The van der Waals surface area contributed by atoms with Gasteiger partial charge in [-0.25, -0.2) is 4.98 Å². The summed E-state index contributed by atoms with van der Waals surface area (Å²) in [6.07, 6.45) is 5.03. The van der Waals surface area contributed by atoms with Gasteiger partial charge in [0.1, 0.15) is 6.04 Å². The van der Waals surface area contributed by atoms with Crippen LogP contribution in [-0.2, 0) is 6.54 Å². The molecule has 0 saturated carbocycles. The van der Waals surface area contributed by atoms with E-state index in [1.165, 1.54) is 0 Å². The summed E-state index contributed by atoms with van der Waals surface area (Å²) in [7, 11) is 0. The standard InChI is InChI=1S/C25H20ClN3O2/c26-22-12-10-19(11-13-22)18-6-8-21(9-7-18)25(31)28-23(16-29-15-14-27-17-29)24(30)20-4-2-1-3-5-20/h1-15,17,23H,16H2,(H,28,31). The number of nitrogens with zero attached hydrogens (tertiary/aromatic N) is 2. The van der Waals surface area contributed by atoms with E-state index in [1.807, 2.05) is 42.5 Å². The van der Waals surface area contributed by atoms with Crippen LogP contribution in [-0.4, -0.2) is 27.3 Å². The SMILES string of the molecule is O=C(NC(Cn1ccnc1)C(=O)c1ccccc1)c1ccc(-c2ccc(Cl)cc2)cc1. The Morgan fingerprint density at radius 1 is 0.871 bits per heavy atom. The maximum atomic E-state index is 13.0. The Labute approximate surface area is 185 Å². The molecule has 0 aliphatic carbocycles. The molecule has 1 amide bonds. The van der Waals surface area contributed by atoms with Gasteiger partial charge in [0.2, 0.25) is 0 Å². The summed E-state index contributed by atoms with van der Waals surface area (Å²) in [5.74, 6) is -0.461. The minimum atomic E-state index is -0.722. The van der Waals surface area contributed by atoms with E-state index in [1.54, 1.807) is 59.7 Å². The maximum Gasteiger partial charge on any atom is 0.251 e. The Morgan fingerprint density at radius 2 is 1.52 bits per heavy atom. The van der Waals surface area contributed by atoms with Crippen LogP contribution in [0.4, 0.5) is 0 Å². The number of ketones is 1. The second-order valence-corrected chi connectivity index (χ2v) is 7.54. The van der Waals surface area contributed by atoms with Gasteiger partial charge in [-0.1, -0.05) is 66.2 Å². The van der Waals surface area contributed by atoms with Gasteiger partial charge < -0.3 is 9.88 Å². The molecule has 31 heavy (non-hydrogen) atoms. The normalized spacial score (nSPS) is 11.6. The summed E-state index contributed by atoms with van der Waals surface area (Å²) in [4.78, 5) is 30.0. The van der Waals surface area contributed by atoms with Gasteiger partial charge in [0.15, 0.2) is 5.78 Å². The third kappa shape index (κ3) is 5.08. The molecule has 4 rings (SSSR count). The number of carbonyl (C=O) groups excluding carboxylic acids is 2. The van der Waals surface area contributed by atoms with Crippen molar-refractivity contribution in [1.82, 2.24) is 14.9 Å². The minimum absolute atomic E-state index is 0.152. The quantitative estimate of drug-likeness (QED) is 0.425. The molecule has 0 fully saturated rings. The molecule has 1 N–H and O–H groups in total. The topological polar surface area (TPSA) is 64.0 Å². The average Bonchev–Trinajstić information content (AvgIpc) is 3.32. The summed E-state index contributed by atoms with van der Waals surface area (Å²) in [6, 6.07) is 23.0. The molecule has 0 bridgehead atoms. The highest BCUT2D eigenvalue weighted by Gasteiger charge is 2.23. The Hall–Kier alpha value is -3.70. The van der Waals surface area contributed by atoms with Crippen LogP contribution in [0.3, 0.4) is 0 Å². The zero-order chi connectivity index (χ0) is 21.6. The van der Waals surface area contributed by atoms with Gasteiger partial charge in [-0.05, 0) is 35.4 Å². The van der Waals surface area contributed by atoms with Gasteiger partial charge in [0.25, 0.3) is 5.91 Å². The molecule has 6 heteroatoms. The van der Waals surface area contributed by atoms with Gasteiger partial charge in [0, 0.05) is 28.5 Å². The molecule has 3 aromatic carbocycles. The van der Waals surface area contributed by atoms with Crippen LogP contribution in [0.15, 0.2) is 97.6 Å². The van der Waals surface area contributed by atoms with Crippen molar-refractivity contribution in [3.63, 3.8) is 0 Å². The van der Waals surface area contributed by atoms with Gasteiger partial charge in [-0.3, -0.25) is 9.59 Å². The second-order valence-electron chi connectivity index (χ2n) is 7.10. The van der Waals surface area contributed by atoms with Crippen LogP contribution in [0, 0.1) is 0 Å². The van der Waals surface area contributed by atoms with E-state index in [0.717, 1.165) is 11.1 Å². The lowest BCUT2D eigenvalue weighted by Crippen LogP contribution is -2.43. The number of hydrogen-bond donors (Lipinski definition) is 1. The van der Waals surface area contributed by atoms with Gasteiger partial charge >= 0.3 is 0 Å². The first-order valence-corrected chi connectivity index (χ1v) is 10.2. The Balaban J connectivity index is 1.52. The zero-order valence-electron chi connectivity index (χ0n) is 16.6. The van der Waals surface area contributed by atoms with Crippen molar-refractivity contribution >= 4 is 23.3 Å². The molecule has 0 aliphatic rings. The molecule has 1 unspecified atom stereocenters. The van der Waals surface area contributed by atoms with E-state index in [9.17, 15) is 9.59 Å². The summed E-state index contributed by atoms with van der Waals surface area (Å²) in [5.41, 5.74) is 3.01.